The van der Waals surface area contributed by atoms with Gasteiger partial charge in [-0.2, -0.15) is 0 Å². The molecule has 2 aromatic heterocycles. The number of aromatic nitrogens is 3. The SMILES string of the molecule is Cc1cn(-c2nc(-c3ccccc3)sc2-c2ccccc2)c(=O)[nH]c1=S. The molecule has 0 aliphatic rings. The van der Waals surface area contributed by atoms with Crippen molar-refractivity contribution in [2.75, 3.05) is 0 Å². The number of hydrogen-bond donors (Lipinski definition) is 1. The number of aromatic amines is 1. The fourth-order valence-electron chi connectivity index (χ4n) is 2.68. The van der Waals surface area contributed by atoms with Crippen LogP contribution in [0, 0.1) is 11.6 Å². The third-order valence-electron chi connectivity index (χ3n) is 4.01. The second-order valence-corrected chi connectivity index (χ2v) is 7.25. The molecule has 0 spiro atoms. The Hall–Kier alpha value is -2.83. The molecule has 128 valence electrons. The Morgan fingerprint density at radius 1 is 1.00 bits per heavy atom. The zero-order valence-electron chi connectivity index (χ0n) is 14.0. The van der Waals surface area contributed by atoms with Gasteiger partial charge in [0.25, 0.3) is 0 Å². The minimum Gasteiger partial charge on any atom is -0.298 e. The van der Waals surface area contributed by atoms with Gasteiger partial charge in [-0.1, -0.05) is 72.9 Å². The van der Waals surface area contributed by atoms with Gasteiger partial charge in [0.05, 0.1) is 4.88 Å². The lowest BCUT2D eigenvalue weighted by Crippen LogP contribution is -2.22. The molecule has 0 unspecified atom stereocenters. The molecule has 2 heterocycles. The van der Waals surface area contributed by atoms with Crippen LogP contribution in [0.1, 0.15) is 5.56 Å². The summed E-state index contributed by atoms with van der Waals surface area (Å²) in [6, 6.07) is 19.9. The number of aryl methyl sites for hydroxylation is 1. The van der Waals surface area contributed by atoms with Crippen LogP contribution in [-0.2, 0) is 0 Å². The Morgan fingerprint density at radius 3 is 2.27 bits per heavy atom. The summed E-state index contributed by atoms with van der Waals surface area (Å²) in [6.07, 6.45) is 1.75. The second-order valence-electron chi connectivity index (χ2n) is 5.85. The molecule has 4 nitrogen and oxygen atoms in total. The first-order valence-electron chi connectivity index (χ1n) is 8.08. The van der Waals surface area contributed by atoms with E-state index in [0.717, 1.165) is 26.6 Å². The van der Waals surface area contributed by atoms with E-state index in [9.17, 15) is 4.79 Å². The summed E-state index contributed by atoms with van der Waals surface area (Å²) in [5.74, 6) is 0.611. The van der Waals surface area contributed by atoms with E-state index in [0.29, 0.717) is 10.5 Å². The third-order valence-corrected chi connectivity index (χ3v) is 5.58. The molecule has 1 N–H and O–H groups in total. The number of thiazole rings is 1. The third kappa shape index (κ3) is 3.05. The number of nitrogens with zero attached hydrogens (tertiary/aromatic N) is 2. The largest absolute Gasteiger partial charge is 0.332 e. The quantitative estimate of drug-likeness (QED) is 0.512. The van der Waals surface area contributed by atoms with Crippen molar-refractivity contribution in [2.45, 2.75) is 6.92 Å². The van der Waals surface area contributed by atoms with Crippen LogP contribution in [0.4, 0.5) is 0 Å². The summed E-state index contributed by atoms with van der Waals surface area (Å²) in [5.41, 5.74) is 2.58. The molecule has 0 fully saturated rings. The van der Waals surface area contributed by atoms with E-state index in [4.69, 9.17) is 17.2 Å². The lowest BCUT2D eigenvalue weighted by atomic mass is 10.2. The monoisotopic (exact) mass is 377 g/mol. The maximum absolute atomic E-state index is 12.5. The Morgan fingerprint density at radius 2 is 1.62 bits per heavy atom. The summed E-state index contributed by atoms with van der Waals surface area (Å²) in [4.78, 5) is 21.0. The molecule has 0 saturated heterocycles. The van der Waals surface area contributed by atoms with E-state index in [1.54, 1.807) is 17.5 Å². The topological polar surface area (TPSA) is 50.7 Å². The van der Waals surface area contributed by atoms with Crippen molar-refractivity contribution in [1.29, 1.82) is 0 Å². The first kappa shape index (κ1) is 16.6. The van der Waals surface area contributed by atoms with E-state index in [2.05, 4.69) is 4.98 Å². The van der Waals surface area contributed by atoms with E-state index in [1.807, 2.05) is 67.6 Å². The van der Waals surface area contributed by atoms with E-state index < -0.39 is 0 Å². The fourth-order valence-corrected chi connectivity index (χ4v) is 3.89. The van der Waals surface area contributed by atoms with Crippen LogP contribution in [0.15, 0.2) is 71.7 Å². The molecule has 4 aromatic rings. The van der Waals surface area contributed by atoms with Crippen LogP contribution in [0.25, 0.3) is 26.8 Å². The normalized spacial score (nSPS) is 10.8. The smallest absolute Gasteiger partial charge is 0.298 e. The van der Waals surface area contributed by atoms with Gasteiger partial charge in [0.15, 0.2) is 5.82 Å². The maximum atomic E-state index is 12.5. The van der Waals surface area contributed by atoms with Gasteiger partial charge in [-0.3, -0.25) is 9.55 Å². The van der Waals surface area contributed by atoms with Crippen molar-refractivity contribution < 1.29 is 0 Å². The van der Waals surface area contributed by atoms with Gasteiger partial charge in [-0.15, -0.1) is 11.3 Å². The molecule has 2 aromatic carbocycles. The van der Waals surface area contributed by atoms with Crippen molar-refractivity contribution in [1.82, 2.24) is 14.5 Å². The van der Waals surface area contributed by atoms with Gasteiger partial charge < -0.3 is 0 Å². The zero-order valence-corrected chi connectivity index (χ0v) is 15.6. The van der Waals surface area contributed by atoms with Gasteiger partial charge >= 0.3 is 5.69 Å². The van der Waals surface area contributed by atoms with E-state index in [1.165, 1.54) is 4.57 Å². The van der Waals surface area contributed by atoms with Crippen molar-refractivity contribution in [3.05, 3.63) is 87.5 Å². The van der Waals surface area contributed by atoms with Gasteiger partial charge in [-0.25, -0.2) is 9.78 Å². The Bertz CT molecular complexity index is 1180. The lowest BCUT2D eigenvalue weighted by Gasteiger charge is -2.06. The van der Waals surface area contributed by atoms with Gasteiger partial charge in [0.2, 0.25) is 0 Å². The average Bonchev–Trinajstić information content (AvgIpc) is 3.11. The molecule has 0 atom stereocenters. The Kier molecular flexibility index (Phi) is 4.36. The summed E-state index contributed by atoms with van der Waals surface area (Å²) in [5, 5.41) is 0.867. The molecule has 0 radical (unpaired) electrons. The molecule has 0 aliphatic carbocycles. The van der Waals surface area contributed by atoms with Gasteiger partial charge in [-0.05, 0) is 12.5 Å². The molecule has 26 heavy (non-hydrogen) atoms. The van der Waals surface area contributed by atoms with Crippen LogP contribution >= 0.6 is 23.6 Å². The number of nitrogens with one attached hydrogen (secondary N) is 1. The fraction of sp³-hybridized carbons (Fsp3) is 0.0500. The molecule has 0 bridgehead atoms. The molecule has 6 heteroatoms. The highest BCUT2D eigenvalue weighted by Gasteiger charge is 2.17. The van der Waals surface area contributed by atoms with Crippen LogP contribution in [0.2, 0.25) is 0 Å². The first-order chi connectivity index (χ1) is 12.6. The average molecular weight is 377 g/mol. The predicted octanol–water partition coefficient (Wildman–Crippen LogP) is 4.99. The predicted molar refractivity (Wildman–Crippen MR) is 109 cm³/mol. The van der Waals surface area contributed by atoms with Crippen molar-refractivity contribution in [3.8, 4) is 26.8 Å². The van der Waals surface area contributed by atoms with Crippen LogP contribution in [0.3, 0.4) is 0 Å². The van der Waals surface area contributed by atoms with Gasteiger partial charge in [0, 0.05) is 17.3 Å². The molecule has 0 amide bonds. The van der Waals surface area contributed by atoms with Crippen LogP contribution in [0.5, 0.6) is 0 Å². The minimum absolute atomic E-state index is 0.289. The summed E-state index contributed by atoms with van der Waals surface area (Å²) in [6.45, 7) is 1.88. The summed E-state index contributed by atoms with van der Waals surface area (Å²) in [7, 11) is 0. The molecular weight excluding hydrogens is 362 g/mol. The van der Waals surface area contributed by atoms with Crippen molar-refractivity contribution in [2.24, 2.45) is 0 Å². The van der Waals surface area contributed by atoms with Crippen LogP contribution in [-0.4, -0.2) is 14.5 Å². The second kappa shape index (κ2) is 6.82. The highest BCUT2D eigenvalue weighted by molar-refractivity contribution is 7.71. The molecule has 0 aliphatic heterocycles. The number of hydrogen-bond acceptors (Lipinski definition) is 4. The minimum atomic E-state index is -0.289. The molecule has 4 rings (SSSR count). The standard InChI is InChI=1S/C20H15N3OS2/c1-13-12-23(20(24)22-18(13)25)17-16(14-8-4-2-5-9-14)26-19(21-17)15-10-6-3-7-11-15/h2-12H,1H3,(H,22,24,25). The van der Waals surface area contributed by atoms with Crippen LogP contribution < -0.4 is 5.69 Å². The zero-order chi connectivity index (χ0) is 18.1. The highest BCUT2D eigenvalue weighted by atomic mass is 32.1. The molecular formula is C20H15N3OS2. The number of benzene rings is 2. The highest BCUT2D eigenvalue weighted by Crippen LogP contribution is 2.36. The van der Waals surface area contributed by atoms with Crippen molar-refractivity contribution in [3.63, 3.8) is 0 Å². The van der Waals surface area contributed by atoms with Gasteiger partial charge in [0.1, 0.15) is 9.65 Å². The van der Waals surface area contributed by atoms with E-state index in [-0.39, 0.29) is 5.69 Å². The molecule has 0 saturated carbocycles. The number of rotatable bonds is 3. The van der Waals surface area contributed by atoms with Crippen molar-refractivity contribution >= 4 is 23.6 Å². The Balaban J connectivity index is 1.99. The summed E-state index contributed by atoms with van der Waals surface area (Å²) >= 11 is 6.74. The summed E-state index contributed by atoms with van der Waals surface area (Å²) < 4.78 is 1.99. The maximum Gasteiger partial charge on any atom is 0.332 e. The van der Waals surface area contributed by atoms with E-state index >= 15 is 0 Å². The first-order valence-corrected chi connectivity index (χ1v) is 9.30. The number of H-pyrrole nitrogens is 1. The lowest BCUT2D eigenvalue weighted by molar-refractivity contribution is 0.873. The Labute approximate surface area is 159 Å².